The van der Waals surface area contributed by atoms with Crippen LogP contribution in [0, 0.1) is 11.8 Å². The molecule has 18 heavy (non-hydrogen) atoms. The number of hydrogen-bond acceptors (Lipinski definition) is 3. The smallest absolute Gasteiger partial charge is 0.309 e. The van der Waals surface area contributed by atoms with Gasteiger partial charge in [0.2, 0.25) is 0 Å². The first-order valence-corrected chi connectivity index (χ1v) is 7.08. The number of rotatable bonds is 7. The number of methoxy groups -OCH3 is 1. The van der Waals surface area contributed by atoms with Crippen LogP contribution < -0.4 is 0 Å². The van der Waals surface area contributed by atoms with Crippen LogP contribution in [0.1, 0.15) is 39.0 Å². The fourth-order valence-electron chi connectivity index (χ4n) is 2.80. The largest absolute Gasteiger partial charge is 0.469 e. The number of carbonyl (C=O) groups is 1. The summed E-state index contributed by atoms with van der Waals surface area (Å²) < 4.78 is 4.79. The average molecular weight is 253 g/mol. The zero-order chi connectivity index (χ0) is 13.4. The second-order valence-corrected chi connectivity index (χ2v) is 5.44. The maximum atomic E-state index is 11.5. The van der Waals surface area contributed by atoms with Crippen molar-refractivity contribution in [3.8, 4) is 0 Å². The molecule has 0 heterocycles. The molecule has 1 aliphatic rings. The van der Waals surface area contributed by atoms with Gasteiger partial charge in [0.25, 0.3) is 0 Å². The zero-order valence-electron chi connectivity index (χ0n) is 11.9. The first-order chi connectivity index (χ1) is 8.67. The van der Waals surface area contributed by atoms with Crippen LogP contribution in [0.4, 0.5) is 0 Å². The van der Waals surface area contributed by atoms with Crippen molar-refractivity contribution in [1.82, 2.24) is 4.90 Å². The summed E-state index contributed by atoms with van der Waals surface area (Å²) in [6.45, 7) is 8.46. The summed E-state index contributed by atoms with van der Waals surface area (Å²) in [5, 5.41) is 0. The topological polar surface area (TPSA) is 29.5 Å². The summed E-state index contributed by atoms with van der Waals surface area (Å²) in [4.78, 5) is 13.8. The Bertz CT molecular complexity index is 259. The lowest BCUT2D eigenvalue weighted by molar-refractivity contribution is -0.145. The highest BCUT2D eigenvalue weighted by atomic mass is 16.5. The number of ether oxygens (including phenoxy) is 1. The first-order valence-electron chi connectivity index (χ1n) is 7.08. The Hall–Kier alpha value is -0.830. The molecule has 0 amide bonds. The Balaban J connectivity index is 2.42. The Kier molecular flexibility index (Phi) is 7.02. The first kappa shape index (κ1) is 15.2. The molecule has 1 atom stereocenters. The molecule has 1 rings (SSSR count). The standard InChI is InChI=1S/C15H27NO2/c1-4-10-16(11-13(2)15(17)18-3)12-14-8-6-5-7-9-14/h4,13-14H,1,5-12H2,2-3H3. The van der Waals surface area contributed by atoms with Gasteiger partial charge in [-0.25, -0.2) is 0 Å². The molecule has 1 unspecified atom stereocenters. The monoisotopic (exact) mass is 253 g/mol. The van der Waals surface area contributed by atoms with Crippen LogP contribution in [-0.2, 0) is 9.53 Å². The Morgan fingerprint density at radius 1 is 1.44 bits per heavy atom. The van der Waals surface area contributed by atoms with Crippen molar-refractivity contribution in [2.75, 3.05) is 26.7 Å². The molecule has 3 nitrogen and oxygen atoms in total. The molecule has 0 aromatic carbocycles. The highest BCUT2D eigenvalue weighted by Gasteiger charge is 2.21. The fraction of sp³-hybridized carbons (Fsp3) is 0.800. The van der Waals surface area contributed by atoms with Crippen LogP contribution >= 0.6 is 0 Å². The molecular formula is C15H27NO2. The van der Waals surface area contributed by atoms with Crippen LogP contribution in [-0.4, -0.2) is 37.6 Å². The van der Waals surface area contributed by atoms with Crippen molar-refractivity contribution >= 4 is 5.97 Å². The summed E-state index contributed by atoms with van der Waals surface area (Å²) in [5.41, 5.74) is 0. The van der Waals surface area contributed by atoms with Gasteiger partial charge in [-0.1, -0.05) is 32.3 Å². The van der Waals surface area contributed by atoms with Gasteiger partial charge in [-0.05, 0) is 18.8 Å². The predicted molar refractivity (Wildman–Crippen MR) is 74.4 cm³/mol. The molecule has 0 N–H and O–H groups in total. The van der Waals surface area contributed by atoms with E-state index in [2.05, 4.69) is 11.5 Å². The summed E-state index contributed by atoms with van der Waals surface area (Å²) in [6.07, 6.45) is 8.70. The van der Waals surface area contributed by atoms with E-state index >= 15 is 0 Å². The van der Waals surface area contributed by atoms with Crippen LogP contribution in [0.3, 0.4) is 0 Å². The molecule has 1 fully saturated rings. The normalized spacial score (nSPS) is 18.6. The van der Waals surface area contributed by atoms with Gasteiger partial charge in [-0.15, -0.1) is 6.58 Å². The number of nitrogens with zero attached hydrogens (tertiary/aromatic N) is 1. The maximum absolute atomic E-state index is 11.5. The second-order valence-electron chi connectivity index (χ2n) is 5.44. The molecule has 0 saturated heterocycles. The van der Waals surface area contributed by atoms with Crippen LogP contribution in [0.5, 0.6) is 0 Å². The summed E-state index contributed by atoms with van der Waals surface area (Å²) >= 11 is 0. The lowest BCUT2D eigenvalue weighted by Crippen LogP contribution is -2.36. The Morgan fingerprint density at radius 3 is 2.67 bits per heavy atom. The predicted octanol–water partition coefficient (Wildman–Crippen LogP) is 2.86. The molecule has 0 aromatic heterocycles. The van der Waals surface area contributed by atoms with Crippen molar-refractivity contribution < 1.29 is 9.53 Å². The minimum atomic E-state index is -0.118. The van der Waals surface area contributed by atoms with Crippen molar-refractivity contribution in [2.24, 2.45) is 11.8 Å². The molecule has 0 aromatic rings. The van der Waals surface area contributed by atoms with E-state index in [4.69, 9.17) is 4.74 Å². The molecule has 1 aliphatic carbocycles. The van der Waals surface area contributed by atoms with Gasteiger partial charge >= 0.3 is 5.97 Å². The summed E-state index contributed by atoms with van der Waals surface area (Å²) in [6, 6.07) is 0. The molecule has 3 heteroatoms. The van der Waals surface area contributed by atoms with Crippen molar-refractivity contribution in [3.63, 3.8) is 0 Å². The van der Waals surface area contributed by atoms with Crippen LogP contribution in [0.25, 0.3) is 0 Å². The SMILES string of the molecule is C=CCN(CC1CCCCC1)CC(C)C(=O)OC. The number of esters is 1. The molecule has 0 radical (unpaired) electrons. The maximum Gasteiger partial charge on any atom is 0.309 e. The highest BCUT2D eigenvalue weighted by molar-refractivity contribution is 5.72. The van der Waals surface area contributed by atoms with Gasteiger partial charge in [0.05, 0.1) is 13.0 Å². The second kappa shape index (κ2) is 8.30. The van der Waals surface area contributed by atoms with E-state index in [1.807, 2.05) is 13.0 Å². The van der Waals surface area contributed by atoms with Gasteiger partial charge in [0, 0.05) is 19.6 Å². The van der Waals surface area contributed by atoms with Crippen molar-refractivity contribution in [1.29, 1.82) is 0 Å². The number of carbonyl (C=O) groups excluding carboxylic acids is 1. The van der Waals surface area contributed by atoms with Gasteiger partial charge < -0.3 is 4.74 Å². The van der Waals surface area contributed by atoms with Crippen LogP contribution in [0.2, 0.25) is 0 Å². The van der Waals surface area contributed by atoms with E-state index in [9.17, 15) is 4.79 Å². The fourth-order valence-corrected chi connectivity index (χ4v) is 2.80. The zero-order valence-corrected chi connectivity index (χ0v) is 11.9. The third-order valence-corrected chi connectivity index (χ3v) is 3.76. The van der Waals surface area contributed by atoms with Gasteiger partial charge in [0.1, 0.15) is 0 Å². The molecule has 0 aliphatic heterocycles. The van der Waals surface area contributed by atoms with E-state index in [1.165, 1.54) is 39.2 Å². The highest BCUT2D eigenvalue weighted by Crippen LogP contribution is 2.24. The summed E-state index contributed by atoms with van der Waals surface area (Å²) in [5.74, 6) is 0.620. The van der Waals surface area contributed by atoms with Crippen LogP contribution in [0.15, 0.2) is 12.7 Å². The molecule has 1 saturated carbocycles. The third-order valence-electron chi connectivity index (χ3n) is 3.76. The third kappa shape index (κ3) is 5.21. The Labute approximate surface area is 111 Å². The molecular weight excluding hydrogens is 226 g/mol. The minimum absolute atomic E-state index is 0.0569. The average Bonchev–Trinajstić information content (AvgIpc) is 2.39. The number of hydrogen-bond donors (Lipinski definition) is 0. The minimum Gasteiger partial charge on any atom is -0.469 e. The van der Waals surface area contributed by atoms with E-state index < -0.39 is 0 Å². The van der Waals surface area contributed by atoms with E-state index in [-0.39, 0.29) is 11.9 Å². The quantitative estimate of drug-likeness (QED) is 0.516. The van der Waals surface area contributed by atoms with Crippen molar-refractivity contribution in [2.45, 2.75) is 39.0 Å². The van der Waals surface area contributed by atoms with Gasteiger partial charge in [-0.2, -0.15) is 0 Å². The lowest BCUT2D eigenvalue weighted by atomic mass is 9.89. The summed E-state index contributed by atoms with van der Waals surface area (Å²) in [7, 11) is 1.46. The van der Waals surface area contributed by atoms with Gasteiger partial charge in [-0.3, -0.25) is 9.69 Å². The lowest BCUT2D eigenvalue weighted by Gasteiger charge is -2.30. The van der Waals surface area contributed by atoms with E-state index in [1.54, 1.807) is 0 Å². The Morgan fingerprint density at radius 2 is 2.11 bits per heavy atom. The van der Waals surface area contributed by atoms with E-state index in [0.717, 1.165) is 25.6 Å². The van der Waals surface area contributed by atoms with Crippen molar-refractivity contribution in [3.05, 3.63) is 12.7 Å². The molecule has 104 valence electrons. The molecule has 0 spiro atoms. The molecule has 0 bridgehead atoms. The van der Waals surface area contributed by atoms with Gasteiger partial charge in [0.15, 0.2) is 0 Å². The van der Waals surface area contributed by atoms with E-state index in [0.29, 0.717) is 0 Å².